The maximum atomic E-state index is 12.1. The lowest BCUT2D eigenvalue weighted by molar-refractivity contribution is -0.140. The first kappa shape index (κ1) is 25.4. The Bertz CT molecular complexity index is 1270. The minimum atomic E-state index is -0.378. The zero-order valence-corrected chi connectivity index (χ0v) is 21.7. The summed E-state index contributed by atoms with van der Waals surface area (Å²) in [5, 5.41) is 4.08. The maximum Gasteiger partial charge on any atom is 0.337 e. The number of methoxy groups -OCH3 is 2. The van der Waals surface area contributed by atoms with Crippen molar-refractivity contribution >= 4 is 29.3 Å². The van der Waals surface area contributed by atoms with Gasteiger partial charge in [-0.15, -0.1) is 0 Å². The zero-order valence-electron chi connectivity index (χ0n) is 20.9. The summed E-state index contributed by atoms with van der Waals surface area (Å²) in [6, 6.07) is 15.1. The fourth-order valence-corrected chi connectivity index (χ4v) is 5.19. The number of thiocarbonyl (C=S) groups is 1. The summed E-state index contributed by atoms with van der Waals surface area (Å²) in [5.41, 5.74) is 5.40. The highest BCUT2D eigenvalue weighted by molar-refractivity contribution is 7.80. The summed E-state index contributed by atoms with van der Waals surface area (Å²) >= 11 is 5.75. The van der Waals surface area contributed by atoms with Crippen molar-refractivity contribution in [1.29, 1.82) is 0 Å². The van der Waals surface area contributed by atoms with Gasteiger partial charge in [0.1, 0.15) is 0 Å². The lowest BCUT2D eigenvalue weighted by Crippen LogP contribution is -2.31. The van der Waals surface area contributed by atoms with Gasteiger partial charge in [-0.05, 0) is 74.4 Å². The molecule has 2 atom stereocenters. The van der Waals surface area contributed by atoms with Crippen LogP contribution in [0.2, 0.25) is 0 Å². The van der Waals surface area contributed by atoms with Crippen LogP contribution >= 0.6 is 12.2 Å². The summed E-state index contributed by atoms with van der Waals surface area (Å²) in [4.78, 5) is 30.6. The summed E-state index contributed by atoms with van der Waals surface area (Å²) in [5.74, 6) is -0.619. The number of esters is 2. The Labute approximate surface area is 216 Å². The van der Waals surface area contributed by atoms with Crippen molar-refractivity contribution in [2.75, 3.05) is 20.8 Å². The van der Waals surface area contributed by atoms with E-state index in [-0.39, 0.29) is 24.0 Å². The van der Waals surface area contributed by atoms with E-state index in [4.69, 9.17) is 21.7 Å². The Balaban J connectivity index is 1.76. The molecule has 8 nitrogen and oxygen atoms in total. The maximum absolute atomic E-state index is 12.1. The first-order valence-electron chi connectivity index (χ1n) is 11.8. The predicted octanol–water partition coefficient (Wildman–Crippen LogP) is 4.20. The molecular formula is C27H30N4O4S. The van der Waals surface area contributed by atoms with Crippen LogP contribution < -0.4 is 5.32 Å². The third kappa shape index (κ3) is 4.97. The van der Waals surface area contributed by atoms with Gasteiger partial charge in [0.05, 0.1) is 37.6 Å². The number of carbonyl (C=O) groups is 2. The first-order valence-corrected chi connectivity index (χ1v) is 12.2. The summed E-state index contributed by atoms with van der Waals surface area (Å²) in [7, 11) is 2.77. The average molecular weight is 507 g/mol. The molecule has 1 aliphatic rings. The lowest BCUT2D eigenvalue weighted by atomic mass is 9.96. The van der Waals surface area contributed by atoms with Crippen LogP contribution in [0.15, 0.2) is 54.7 Å². The fourth-order valence-electron chi connectivity index (χ4n) is 4.85. The molecule has 1 saturated heterocycles. The van der Waals surface area contributed by atoms with Crippen LogP contribution in [0.25, 0.3) is 5.69 Å². The average Bonchev–Trinajstić information content (AvgIpc) is 3.38. The molecule has 0 aliphatic carbocycles. The van der Waals surface area contributed by atoms with Crippen molar-refractivity contribution in [3.8, 4) is 5.69 Å². The van der Waals surface area contributed by atoms with Crippen LogP contribution in [0, 0.1) is 13.8 Å². The molecule has 4 rings (SSSR count). The first-order chi connectivity index (χ1) is 17.3. The topological polar surface area (TPSA) is 85.7 Å². The predicted molar refractivity (Wildman–Crippen MR) is 140 cm³/mol. The highest BCUT2D eigenvalue weighted by atomic mass is 32.1. The molecule has 2 aromatic heterocycles. The van der Waals surface area contributed by atoms with Gasteiger partial charge in [-0.1, -0.05) is 12.1 Å². The third-order valence-electron chi connectivity index (χ3n) is 6.52. The number of nitrogens with one attached hydrogen (secondary N) is 1. The van der Waals surface area contributed by atoms with E-state index < -0.39 is 0 Å². The van der Waals surface area contributed by atoms with Gasteiger partial charge < -0.3 is 24.3 Å². The van der Waals surface area contributed by atoms with E-state index in [2.05, 4.69) is 32.8 Å². The van der Waals surface area contributed by atoms with E-state index in [9.17, 15) is 9.59 Å². The molecule has 0 bridgehead atoms. The van der Waals surface area contributed by atoms with Gasteiger partial charge in [0.25, 0.3) is 0 Å². The highest BCUT2D eigenvalue weighted by Gasteiger charge is 2.41. The number of carbonyl (C=O) groups excluding carboxylic acids is 2. The van der Waals surface area contributed by atoms with Gasteiger partial charge in [-0.3, -0.25) is 9.78 Å². The van der Waals surface area contributed by atoms with Gasteiger partial charge in [0.15, 0.2) is 5.11 Å². The van der Waals surface area contributed by atoms with Crippen molar-refractivity contribution in [2.24, 2.45) is 0 Å². The van der Waals surface area contributed by atoms with Crippen LogP contribution in [0.1, 0.15) is 57.9 Å². The van der Waals surface area contributed by atoms with Gasteiger partial charge in [-0.25, -0.2) is 4.79 Å². The van der Waals surface area contributed by atoms with Crippen molar-refractivity contribution in [1.82, 2.24) is 19.8 Å². The van der Waals surface area contributed by atoms with Crippen molar-refractivity contribution in [2.45, 2.75) is 38.8 Å². The van der Waals surface area contributed by atoms with Crippen LogP contribution in [0.3, 0.4) is 0 Å². The number of ether oxygens (including phenoxy) is 2. The van der Waals surface area contributed by atoms with E-state index in [1.807, 2.05) is 43.3 Å². The molecule has 3 aromatic rings. The van der Waals surface area contributed by atoms with E-state index in [1.54, 1.807) is 12.3 Å². The molecule has 1 fully saturated rings. The minimum absolute atomic E-state index is 0.131. The normalized spacial score (nSPS) is 17.1. The van der Waals surface area contributed by atoms with Gasteiger partial charge in [0.2, 0.25) is 0 Å². The zero-order chi connectivity index (χ0) is 25.8. The number of hydrogen-bond donors (Lipinski definition) is 1. The van der Waals surface area contributed by atoms with Crippen LogP contribution in [0.5, 0.6) is 0 Å². The second-order valence-electron chi connectivity index (χ2n) is 8.70. The molecule has 9 heteroatoms. The number of aromatic nitrogens is 2. The van der Waals surface area contributed by atoms with Gasteiger partial charge >= 0.3 is 11.9 Å². The van der Waals surface area contributed by atoms with Gasteiger partial charge in [-0.2, -0.15) is 0 Å². The highest BCUT2D eigenvalue weighted by Crippen LogP contribution is 2.41. The van der Waals surface area contributed by atoms with Crippen molar-refractivity contribution < 1.29 is 19.1 Å². The number of rotatable bonds is 8. The van der Waals surface area contributed by atoms with E-state index in [0.717, 1.165) is 28.3 Å². The smallest absolute Gasteiger partial charge is 0.337 e. The Hall–Kier alpha value is -3.72. The molecule has 0 unspecified atom stereocenters. The number of pyridine rings is 1. The third-order valence-corrected chi connectivity index (χ3v) is 6.87. The Morgan fingerprint density at radius 3 is 2.58 bits per heavy atom. The minimum Gasteiger partial charge on any atom is -0.469 e. The number of benzene rings is 1. The summed E-state index contributed by atoms with van der Waals surface area (Å²) in [6.45, 7) is 4.70. The fraction of sp³-hybridized carbons (Fsp3) is 0.333. The Morgan fingerprint density at radius 2 is 1.89 bits per heavy atom. The van der Waals surface area contributed by atoms with Crippen LogP contribution in [0.4, 0.5) is 0 Å². The second kappa shape index (κ2) is 10.9. The van der Waals surface area contributed by atoms with Crippen molar-refractivity contribution in [3.05, 3.63) is 82.9 Å². The molecule has 0 spiro atoms. The SMILES string of the molecule is COC(=O)CCCN1C(=S)N[C@H](c2ccccn2)[C@@H]1c1cc(C)n(-c2cccc(C(=O)OC)c2)c1C. The standard InChI is InChI=1S/C27H30N4O4S/c1-17-15-21(18(2)31(17)20-10-7-9-19(16-20)26(33)35-4)25-24(22-11-5-6-13-28-22)29-27(36)30(25)14-8-12-23(32)34-3/h5-7,9-11,13,15-16,24-25H,8,12,14H2,1-4H3,(H,29,36)/t24-,25+/m1/s1. The van der Waals surface area contributed by atoms with Crippen molar-refractivity contribution in [3.63, 3.8) is 0 Å². The summed E-state index contributed by atoms with van der Waals surface area (Å²) < 4.78 is 11.9. The number of nitrogens with zero attached hydrogens (tertiary/aromatic N) is 3. The monoisotopic (exact) mass is 506 g/mol. The molecule has 1 N–H and O–H groups in total. The molecule has 1 aliphatic heterocycles. The Morgan fingerprint density at radius 1 is 1.08 bits per heavy atom. The number of hydrogen-bond acceptors (Lipinski definition) is 6. The second-order valence-corrected chi connectivity index (χ2v) is 9.09. The largest absolute Gasteiger partial charge is 0.469 e. The Kier molecular flexibility index (Phi) is 7.69. The quantitative estimate of drug-likeness (QED) is 0.359. The van der Waals surface area contributed by atoms with E-state index in [0.29, 0.717) is 30.1 Å². The van der Waals surface area contributed by atoms with E-state index >= 15 is 0 Å². The molecule has 188 valence electrons. The molecule has 0 amide bonds. The molecule has 3 heterocycles. The van der Waals surface area contributed by atoms with Gasteiger partial charge in [0, 0.05) is 36.2 Å². The molecular weight excluding hydrogens is 476 g/mol. The van der Waals surface area contributed by atoms with Crippen LogP contribution in [-0.2, 0) is 14.3 Å². The molecule has 36 heavy (non-hydrogen) atoms. The van der Waals surface area contributed by atoms with E-state index in [1.165, 1.54) is 14.2 Å². The molecule has 0 saturated carbocycles. The molecule has 0 radical (unpaired) electrons. The number of aryl methyl sites for hydroxylation is 1. The molecule has 1 aromatic carbocycles. The lowest BCUT2D eigenvalue weighted by Gasteiger charge is -2.28. The van der Waals surface area contributed by atoms with Crippen LogP contribution in [-0.4, -0.2) is 52.3 Å². The summed E-state index contributed by atoms with van der Waals surface area (Å²) in [6.07, 6.45) is 2.70.